The Bertz CT molecular complexity index is 469. The molecule has 1 aromatic rings. The molecule has 2 aliphatic rings. The van der Waals surface area contributed by atoms with Crippen molar-refractivity contribution in [3.8, 4) is 0 Å². The van der Waals surface area contributed by atoms with Crippen LogP contribution in [0.4, 0.5) is 5.69 Å². The summed E-state index contributed by atoms with van der Waals surface area (Å²) < 4.78 is 0. The lowest BCUT2D eigenvalue weighted by Crippen LogP contribution is -2.25. The van der Waals surface area contributed by atoms with Crippen molar-refractivity contribution >= 4 is 24.0 Å². The lowest BCUT2D eigenvalue weighted by molar-refractivity contribution is -0.120. The Balaban J connectivity index is 0.00000120. The van der Waals surface area contributed by atoms with Gasteiger partial charge in [0.25, 0.3) is 0 Å². The fraction of sp³-hybridized carbons (Fsp3) is 0.500. The van der Waals surface area contributed by atoms with Gasteiger partial charge in [-0.15, -0.1) is 12.4 Å². The molecule has 18 heavy (non-hydrogen) atoms. The first-order valence-electron chi connectivity index (χ1n) is 6.31. The van der Waals surface area contributed by atoms with E-state index in [2.05, 4.69) is 22.8 Å². The maximum atomic E-state index is 11.9. The number of halogens is 1. The molecule has 1 heterocycles. The van der Waals surface area contributed by atoms with Crippen molar-refractivity contribution in [2.75, 3.05) is 11.9 Å². The zero-order valence-electron chi connectivity index (χ0n) is 10.6. The number of carbonyl (C=O) groups is 1. The standard InChI is InChI=1S/C14H18N2O.ClH/c1-14(5-6-14)13(17)16-12-3-2-10-4-7-15-9-11(10)8-12;/h2-3,8,15H,4-7,9H2,1H3,(H,16,17);1H. The second-order valence-corrected chi connectivity index (χ2v) is 5.43. The third kappa shape index (κ3) is 2.52. The Labute approximate surface area is 114 Å². The van der Waals surface area contributed by atoms with Gasteiger partial charge in [-0.1, -0.05) is 13.0 Å². The predicted molar refractivity (Wildman–Crippen MR) is 75.1 cm³/mol. The zero-order chi connectivity index (χ0) is 11.9. The minimum atomic E-state index is -0.103. The van der Waals surface area contributed by atoms with E-state index < -0.39 is 0 Å². The predicted octanol–water partition coefficient (Wildman–Crippen LogP) is 2.49. The van der Waals surface area contributed by atoms with Crippen molar-refractivity contribution in [2.45, 2.75) is 32.7 Å². The molecule has 0 atom stereocenters. The topological polar surface area (TPSA) is 41.1 Å². The molecular formula is C14H19ClN2O. The van der Waals surface area contributed by atoms with Gasteiger partial charge in [-0.25, -0.2) is 0 Å². The molecule has 0 aromatic heterocycles. The van der Waals surface area contributed by atoms with E-state index in [0.717, 1.165) is 38.0 Å². The molecule has 3 rings (SSSR count). The van der Waals surface area contributed by atoms with E-state index in [1.165, 1.54) is 11.1 Å². The van der Waals surface area contributed by atoms with Gasteiger partial charge in [0.2, 0.25) is 5.91 Å². The van der Waals surface area contributed by atoms with Gasteiger partial charge >= 0.3 is 0 Å². The fourth-order valence-corrected chi connectivity index (χ4v) is 2.25. The number of hydrogen-bond acceptors (Lipinski definition) is 2. The number of amides is 1. The summed E-state index contributed by atoms with van der Waals surface area (Å²) in [7, 11) is 0. The molecule has 2 N–H and O–H groups in total. The van der Waals surface area contributed by atoms with Crippen LogP contribution in [0.25, 0.3) is 0 Å². The van der Waals surface area contributed by atoms with Crippen molar-refractivity contribution in [1.29, 1.82) is 0 Å². The van der Waals surface area contributed by atoms with E-state index in [9.17, 15) is 4.79 Å². The Morgan fingerprint density at radius 2 is 2.11 bits per heavy atom. The third-order valence-electron chi connectivity index (χ3n) is 3.90. The smallest absolute Gasteiger partial charge is 0.230 e. The van der Waals surface area contributed by atoms with E-state index in [1.54, 1.807) is 0 Å². The molecule has 3 nitrogen and oxygen atoms in total. The van der Waals surface area contributed by atoms with Gasteiger partial charge in [-0.05, 0) is 49.1 Å². The van der Waals surface area contributed by atoms with Crippen molar-refractivity contribution in [3.05, 3.63) is 29.3 Å². The van der Waals surface area contributed by atoms with Crippen LogP contribution in [0.1, 0.15) is 30.9 Å². The molecule has 1 fully saturated rings. The van der Waals surface area contributed by atoms with E-state index >= 15 is 0 Å². The highest BCUT2D eigenvalue weighted by Gasteiger charge is 2.44. The van der Waals surface area contributed by atoms with Gasteiger partial charge in [0, 0.05) is 17.6 Å². The Morgan fingerprint density at radius 1 is 1.33 bits per heavy atom. The summed E-state index contributed by atoms with van der Waals surface area (Å²) in [6.07, 6.45) is 3.12. The summed E-state index contributed by atoms with van der Waals surface area (Å²) >= 11 is 0. The Morgan fingerprint density at radius 3 is 2.83 bits per heavy atom. The highest BCUT2D eigenvalue weighted by Crippen LogP contribution is 2.45. The van der Waals surface area contributed by atoms with Crippen molar-refractivity contribution in [3.63, 3.8) is 0 Å². The Hall–Kier alpha value is -1.06. The molecule has 1 aromatic carbocycles. The fourth-order valence-electron chi connectivity index (χ4n) is 2.25. The van der Waals surface area contributed by atoms with Crippen LogP contribution in [0.2, 0.25) is 0 Å². The van der Waals surface area contributed by atoms with Gasteiger partial charge in [-0.3, -0.25) is 4.79 Å². The van der Waals surface area contributed by atoms with Gasteiger partial charge in [0.1, 0.15) is 0 Å². The molecule has 0 unspecified atom stereocenters. The van der Waals surface area contributed by atoms with Crippen LogP contribution < -0.4 is 10.6 Å². The first-order valence-corrected chi connectivity index (χ1v) is 6.31. The van der Waals surface area contributed by atoms with Crippen LogP contribution in [0.3, 0.4) is 0 Å². The summed E-state index contributed by atoms with van der Waals surface area (Å²) in [6, 6.07) is 6.26. The van der Waals surface area contributed by atoms with E-state index in [1.807, 2.05) is 13.0 Å². The van der Waals surface area contributed by atoms with Crippen LogP contribution in [-0.4, -0.2) is 12.5 Å². The van der Waals surface area contributed by atoms with Crippen LogP contribution in [0.15, 0.2) is 18.2 Å². The molecule has 1 amide bonds. The van der Waals surface area contributed by atoms with Crippen LogP contribution in [-0.2, 0) is 17.8 Å². The van der Waals surface area contributed by atoms with E-state index in [0.29, 0.717) is 0 Å². The lowest BCUT2D eigenvalue weighted by Gasteiger charge is -2.18. The summed E-state index contributed by atoms with van der Waals surface area (Å²) in [5, 5.41) is 6.38. The highest BCUT2D eigenvalue weighted by atomic mass is 35.5. The second-order valence-electron chi connectivity index (χ2n) is 5.43. The first kappa shape index (κ1) is 13.4. The number of rotatable bonds is 2. The summed E-state index contributed by atoms with van der Waals surface area (Å²) in [6.45, 7) is 4.00. The normalized spacial score (nSPS) is 19.4. The molecule has 4 heteroatoms. The van der Waals surface area contributed by atoms with E-state index in [-0.39, 0.29) is 23.7 Å². The van der Waals surface area contributed by atoms with Gasteiger partial charge in [0.05, 0.1) is 0 Å². The Kier molecular flexibility index (Phi) is 3.64. The monoisotopic (exact) mass is 266 g/mol. The first-order chi connectivity index (χ1) is 8.17. The number of anilines is 1. The van der Waals surface area contributed by atoms with Crippen LogP contribution in [0.5, 0.6) is 0 Å². The number of fused-ring (bicyclic) bond motifs is 1. The summed E-state index contributed by atoms with van der Waals surface area (Å²) in [4.78, 5) is 11.9. The molecule has 0 spiro atoms. The van der Waals surface area contributed by atoms with Gasteiger partial charge in [-0.2, -0.15) is 0 Å². The maximum absolute atomic E-state index is 11.9. The number of benzene rings is 1. The molecular weight excluding hydrogens is 248 g/mol. The third-order valence-corrected chi connectivity index (χ3v) is 3.90. The van der Waals surface area contributed by atoms with Gasteiger partial charge < -0.3 is 10.6 Å². The van der Waals surface area contributed by atoms with Crippen LogP contribution >= 0.6 is 12.4 Å². The average molecular weight is 267 g/mol. The zero-order valence-corrected chi connectivity index (χ0v) is 11.4. The molecule has 1 aliphatic carbocycles. The highest BCUT2D eigenvalue weighted by molar-refractivity contribution is 5.96. The summed E-state index contributed by atoms with van der Waals surface area (Å²) in [5.74, 6) is 0.168. The molecule has 1 saturated carbocycles. The SMILES string of the molecule is CC1(C(=O)Nc2ccc3c(c2)CNCC3)CC1.Cl. The quantitative estimate of drug-likeness (QED) is 0.864. The minimum Gasteiger partial charge on any atom is -0.326 e. The molecule has 98 valence electrons. The van der Waals surface area contributed by atoms with Crippen LogP contribution in [0, 0.1) is 5.41 Å². The largest absolute Gasteiger partial charge is 0.326 e. The average Bonchev–Trinajstić information content (AvgIpc) is 3.09. The molecule has 0 saturated heterocycles. The molecule has 0 bridgehead atoms. The summed E-state index contributed by atoms with van der Waals surface area (Å²) in [5.41, 5.74) is 3.55. The molecule has 0 radical (unpaired) electrons. The second kappa shape index (κ2) is 4.90. The minimum absolute atomic E-state index is 0. The lowest BCUT2D eigenvalue weighted by atomic mass is 10.0. The number of carbonyl (C=O) groups excluding carboxylic acids is 1. The number of hydrogen-bond donors (Lipinski definition) is 2. The maximum Gasteiger partial charge on any atom is 0.230 e. The number of nitrogens with one attached hydrogen (secondary N) is 2. The molecule has 1 aliphatic heterocycles. The van der Waals surface area contributed by atoms with Crippen molar-refractivity contribution in [1.82, 2.24) is 5.32 Å². The van der Waals surface area contributed by atoms with E-state index in [4.69, 9.17) is 0 Å². The van der Waals surface area contributed by atoms with Gasteiger partial charge in [0.15, 0.2) is 0 Å². The van der Waals surface area contributed by atoms with Crippen molar-refractivity contribution < 1.29 is 4.79 Å². The van der Waals surface area contributed by atoms with Crippen molar-refractivity contribution in [2.24, 2.45) is 5.41 Å².